The van der Waals surface area contributed by atoms with Crippen LogP contribution < -0.4 is 5.32 Å². The molecule has 0 aromatic carbocycles. The summed E-state index contributed by atoms with van der Waals surface area (Å²) in [5, 5.41) is 5.23. The number of carbonyl (C=O) groups is 1. The van der Waals surface area contributed by atoms with Crippen molar-refractivity contribution in [2.45, 2.75) is 5.75 Å². The predicted octanol–water partition coefficient (Wildman–Crippen LogP) is 2.85. The van der Waals surface area contributed by atoms with Crippen LogP contribution in [-0.2, 0) is 5.75 Å². The van der Waals surface area contributed by atoms with Gasteiger partial charge in [-0.25, -0.2) is 4.98 Å². The maximum absolute atomic E-state index is 11.6. The van der Waals surface area contributed by atoms with E-state index in [4.69, 9.17) is 4.42 Å². The zero-order chi connectivity index (χ0) is 11.4. The van der Waals surface area contributed by atoms with Gasteiger partial charge in [-0.3, -0.25) is 10.1 Å². The number of nitrogens with one attached hydrogen (secondary N) is 1. The molecular weight excluding hydrogens is 244 g/mol. The van der Waals surface area contributed by atoms with Gasteiger partial charge in [-0.15, -0.1) is 11.3 Å². The van der Waals surface area contributed by atoms with Gasteiger partial charge in [0.05, 0.1) is 12.0 Å². The molecule has 0 saturated carbocycles. The molecule has 2 rings (SSSR count). The SMILES string of the molecule is CSCc1csc(NC(=O)c2ccco2)n1. The van der Waals surface area contributed by atoms with Gasteiger partial charge in [0, 0.05) is 11.1 Å². The molecule has 2 aromatic rings. The Balaban J connectivity index is 2.01. The summed E-state index contributed by atoms with van der Waals surface area (Å²) in [6.45, 7) is 0. The molecular formula is C10H10N2O2S2. The largest absolute Gasteiger partial charge is 0.459 e. The zero-order valence-corrected chi connectivity index (χ0v) is 10.2. The van der Waals surface area contributed by atoms with Crippen molar-refractivity contribution in [2.75, 3.05) is 11.6 Å². The average Bonchev–Trinajstić information content (AvgIpc) is 2.89. The van der Waals surface area contributed by atoms with E-state index in [2.05, 4.69) is 10.3 Å². The van der Waals surface area contributed by atoms with Gasteiger partial charge in [0.15, 0.2) is 10.9 Å². The van der Waals surface area contributed by atoms with E-state index in [0.29, 0.717) is 10.9 Å². The Bertz CT molecular complexity index is 465. The van der Waals surface area contributed by atoms with Crippen LogP contribution in [0.1, 0.15) is 16.2 Å². The third kappa shape index (κ3) is 2.65. The number of rotatable bonds is 4. The molecule has 2 heterocycles. The van der Waals surface area contributed by atoms with Crippen molar-refractivity contribution in [1.82, 2.24) is 4.98 Å². The number of hydrogen-bond acceptors (Lipinski definition) is 5. The highest BCUT2D eigenvalue weighted by atomic mass is 32.2. The number of hydrogen-bond donors (Lipinski definition) is 1. The molecule has 0 fully saturated rings. The highest BCUT2D eigenvalue weighted by Crippen LogP contribution is 2.19. The van der Waals surface area contributed by atoms with E-state index in [1.165, 1.54) is 17.6 Å². The van der Waals surface area contributed by atoms with Gasteiger partial charge in [0.2, 0.25) is 0 Å². The normalized spacial score (nSPS) is 10.3. The first-order chi connectivity index (χ1) is 7.79. The lowest BCUT2D eigenvalue weighted by Crippen LogP contribution is -2.10. The third-order valence-corrected chi connectivity index (χ3v) is 3.20. The lowest BCUT2D eigenvalue weighted by atomic mass is 10.4. The molecule has 2 aromatic heterocycles. The topological polar surface area (TPSA) is 55.1 Å². The fraction of sp³-hybridized carbons (Fsp3) is 0.200. The zero-order valence-electron chi connectivity index (χ0n) is 8.60. The summed E-state index contributed by atoms with van der Waals surface area (Å²) in [5.41, 5.74) is 0.979. The second-order valence-electron chi connectivity index (χ2n) is 3.01. The molecule has 0 aliphatic carbocycles. The molecule has 0 spiro atoms. The lowest BCUT2D eigenvalue weighted by Gasteiger charge is -1.96. The van der Waals surface area contributed by atoms with Gasteiger partial charge in [0.25, 0.3) is 5.91 Å². The number of amides is 1. The summed E-state index contributed by atoms with van der Waals surface area (Å²) >= 11 is 3.11. The summed E-state index contributed by atoms with van der Waals surface area (Å²) in [6.07, 6.45) is 3.48. The van der Waals surface area contributed by atoms with Crippen molar-refractivity contribution >= 4 is 34.1 Å². The second-order valence-corrected chi connectivity index (χ2v) is 4.73. The molecule has 0 aliphatic heterocycles. The molecule has 16 heavy (non-hydrogen) atoms. The van der Waals surface area contributed by atoms with Crippen molar-refractivity contribution in [2.24, 2.45) is 0 Å². The van der Waals surface area contributed by atoms with Crippen LogP contribution in [0.15, 0.2) is 28.2 Å². The first kappa shape index (κ1) is 11.2. The van der Waals surface area contributed by atoms with Crippen LogP contribution in [0.4, 0.5) is 5.13 Å². The first-order valence-corrected chi connectivity index (χ1v) is 6.85. The monoisotopic (exact) mass is 254 g/mol. The van der Waals surface area contributed by atoms with Gasteiger partial charge in [-0.1, -0.05) is 0 Å². The second kappa shape index (κ2) is 5.18. The summed E-state index contributed by atoms with van der Waals surface area (Å²) in [4.78, 5) is 15.9. The van der Waals surface area contributed by atoms with Gasteiger partial charge in [-0.05, 0) is 18.4 Å². The van der Waals surface area contributed by atoms with Crippen molar-refractivity contribution < 1.29 is 9.21 Å². The number of furan rings is 1. The highest BCUT2D eigenvalue weighted by Gasteiger charge is 2.10. The Morgan fingerprint density at radius 1 is 1.69 bits per heavy atom. The number of thiazole rings is 1. The smallest absolute Gasteiger partial charge is 0.293 e. The minimum absolute atomic E-state index is 0.268. The summed E-state index contributed by atoms with van der Waals surface area (Å²) < 4.78 is 4.98. The van der Waals surface area contributed by atoms with Gasteiger partial charge in [0.1, 0.15) is 0 Å². The fourth-order valence-corrected chi connectivity index (χ4v) is 2.40. The molecule has 6 heteroatoms. The summed E-state index contributed by atoms with van der Waals surface area (Å²) in [7, 11) is 0. The predicted molar refractivity (Wildman–Crippen MR) is 66.0 cm³/mol. The molecule has 4 nitrogen and oxygen atoms in total. The molecule has 0 atom stereocenters. The van der Waals surface area contributed by atoms with Crippen molar-refractivity contribution in [3.05, 3.63) is 35.2 Å². The van der Waals surface area contributed by atoms with Gasteiger partial charge in [-0.2, -0.15) is 11.8 Å². The number of nitrogens with zero attached hydrogens (tertiary/aromatic N) is 1. The molecule has 0 saturated heterocycles. The Kier molecular flexibility index (Phi) is 3.63. The Morgan fingerprint density at radius 3 is 3.25 bits per heavy atom. The summed E-state index contributed by atoms with van der Waals surface area (Å²) in [6, 6.07) is 3.29. The molecule has 1 N–H and O–H groups in total. The van der Waals surface area contributed by atoms with Gasteiger partial charge < -0.3 is 4.42 Å². The van der Waals surface area contributed by atoms with Crippen LogP contribution in [0.2, 0.25) is 0 Å². The van der Waals surface area contributed by atoms with Crippen LogP contribution in [-0.4, -0.2) is 17.1 Å². The van der Waals surface area contributed by atoms with Crippen LogP contribution in [0.3, 0.4) is 0 Å². The van der Waals surface area contributed by atoms with Crippen LogP contribution in [0.5, 0.6) is 0 Å². The van der Waals surface area contributed by atoms with E-state index < -0.39 is 0 Å². The molecule has 84 valence electrons. The van der Waals surface area contributed by atoms with E-state index in [0.717, 1.165) is 11.4 Å². The van der Waals surface area contributed by atoms with Crippen LogP contribution in [0.25, 0.3) is 0 Å². The van der Waals surface area contributed by atoms with E-state index in [1.54, 1.807) is 23.9 Å². The van der Waals surface area contributed by atoms with Crippen molar-refractivity contribution in [1.29, 1.82) is 0 Å². The average molecular weight is 254 g/mol. The minimum atomic E-state index is -0.268. The fourth-order valence-electron chi connectivity index (χ4n) is 1.15. The van der Waals surface area contributed by atoms with E-state index in [1.807, 2.05) is 11.6 Å². The maximum Gasteiger partial charge on any atom is 0.293 e. The number of carbonyl (C=O) groups excluding carboxylic acids is 1. The van der Waals surface area contributed by atoms with E-state index in [-0.39, 0.29) is 5.91 Å². The van der Waals surface area contributed by atoms with Crippen molar-refractivity contribution in [3.8, 4) is 0 Å². The molecule has 0 unspecified atom stereocenters. The maximum atomic E-state index is 11.6. The molecule has 0 bridgehead atoms. The number of aromatic nitrogens is 1. The third-order valence-electron chi connectivity index (χ3n) is 1.81. The quantitative estimate of drug-likeness (QED) is 0.911. The van der Waals surface area contributed by atoms with Crippen molar-refractivity contribution in [3.63, 3.8) is 0 Å². The molecule has 1 amide bonds. The standard InChI is InChI=1S/C10H10N2O2S2/c1-15-5-7-6-16-10(11-7)12-9(13)8-3-2-4-14-8/h2-4,6H,5H2,1H3,(H,11,12,13). The Hall–Kier alpha value is -1.27. The highest BCUT2D eigenvalue weighted by molar-refractivity contribution is 7.97. The molecule has 0 aliphatic rings. The number of anilines is 1. The lowest BCUT2D eigenvalue weighted by molar-refractivity contribution is 0.0996. The Morgan fingerprint density at radius 2 is 2.56 bits per heavy atom. The van der Waals surface area contributed by atoms with Crippen LogP contribution >= 0.6 is 23.1 Å². The first-order valence-electron chi connectivity index (χ1n) is 4.58. The van der Waals surface area contributed by atoms with E-state index in [9.17, 15) is 4.79 Å². The molecule has 0 radical (unpaired) electrons. The summed E-state index contributed by atoms with van der Waals surface area (Å²) in [5.74, 6) is 0.879. The number of thioether (sulfide) groups is 1. The van der Waals surface area contributed by atoms with Crippen LogP contribution in [0, 0.1) is 0 Å². The Labute approximate surface area is 101 Å². The van der Waals surface area contributed by atoms with Gasteiger partial charge >= 0.3 is 0 Å². The van der Waals surface area contributed by atoms with E-state index >= 15 is 0 Å². The minimum Gasteiger partial charge on any atom is -0.459 e.